The van der Waals surface area contributed by atoms with Gasteiger partial charge in [0.25, 0.3) is 0 Å². The van der Waals surface area contributed by atoms with Crippen molar-refractivity contribution in [1.29, 1.82) is 0 Å². The van der Waals surface area contributed by atoms with Crippen molar-refractivity contribution in [3.05, 3.63) is 33.9 Å². The summed E-state index contributed by atoms with van der Waals surface area (Å²) in [6.45, 7) is 9.69. The predicted octanol–water partition coefficient (Wildman–Crippen LogP) is 2.92. The molecule has 1 saturated carbocycles. The first-order chi connectivity index (χ1) is 8.46. The van der Waals surface area contributed by atoms with Gasteiger partial charge in [-0.25, -0.2) is 0 Å². The number of rotatable bonds is 4. The van der Waals surface area contributed by atoms with E-state index in [1.807, 2.05) is 0 Å². The molecule has 0 radical (unpaired) electrons. The van der Waals surface area contributed by atoms with Gasteiger partial charge in [-0.2, -0.15) is 0 Å². The first kappa shape index (κ1) is 13.6. The average molecular weight is 246 g/mol. The molecule has 1 aliphatic rings. The summed E-state index contributed by atoms with van der Waals surface area (Å²) >= 11 is 0. The van der Waals surface area contributed by atoms with Gasteiger partial charge in [-0.05, 0) is 81.9 Å². The van der Waals surface area contributed by atoms with Crippen LogP contribution in [0.5, 0.6) is 0 Å². The molecule has 1 aliphatic carbocycles. The molecule has 2 nitrogen and oxygen atoms in total. The molecule has 100 valence electrons. The fraction of sp³-hybridized carbons (Fsp3) is 0.625. The highest BCUT2D eigenvalue weighted by molar-refractivity contribution is 5.47. The molecule has 0 spiro atoms. The fourth-order valence-corrected chi connectivity index (χ4v) is 3.21. The largest absolute Gasteiger partial charge is 0.330 e. The standard InChI is InChI=1S/C16H26N2/c1-10-8-11(2)13(4)14(12(10)3)15(18-5)16(9-17)6-7-16/h8,15,18H,6-7,9,17H2,1-5H3. The third-order valence-corrected chi connectivity index (χ3v) is 4.91. The molecule has 3 N–H and O–H groups in total. The average Bonchev–Trinajstić information content (AvgIpc) is 3.13. The molecule has 1 atom stereocenters. The molecule has 1 unspecified atom stereocenters. The van der Waals surface area contributed by atoms with Gasteiger partial charge in [-0.15, -0.1) is 0 Å². The second-order valence-corrected chi connectivity index (χ2v) is 5.96. The lowest BCUT2D eigenvalue weighted by atomic mass is 9.82. The van der Waals surface area contributed by atoms with Crippen LogP contribution in [0.3, 0.4) is 0 Å². The summed E-state index contributed by atoms with van der Waals surface area (Å²) < 4.78 is 0. The Hall–Kier alpha value is -0.860. The van der Waals surface area contributed by atoms with E-state index in [9.17, 15) is 0 Å². The number of aryl methyl sites for hydroxylation is 2. The van der Waals surface area contributed by atoms with Crippen molar-refractivity contribution in [3.8, 4) is 0 Å². The van der Waals surface area contributed by atoms with Crippen LogP contribution in [0, 0.1) is 33.1 Å². The van der Waals surface area contributed by atoms with E-state index in [1.165, 1.54) is 40.7 Å². The lowest BCUT2D eigenvalue weighted by Crippen LogP contribution is -2.33. The molecule has 0 saturated heterocycles. The molecule has 0 amide bonds. The quantitative estimate of drug-likeness (QED) is 0.857. The van der Waals surface area contributed by atoms with Crippen molar-refractivity contribution in [3.63, 3.8) is 0 Å². The zero-order valence-electron chi connectivity index (χ0n) is 12.4. The minimum Gasteiger partial charge on any atom is -0.330 e. The molecule has 0 aromatic heterocycles. The SMILES string of the molecule is CNC(c1c(C)c(C)cc(C)c1C)C1(CN)CC1. The van der Waals surface area contributed by atoms with Crippen LogP contribution >= 0.6 is 0 Å². The van der Waals surface area contributed by atoms with Crippen LogP contribution in [-0.4, -0.2) is 13.6 Å². The van der Waals surface area contributed by atoms with Crippen LogP contribution in [0.4, 0.5) is 0 Å². The Labute approximate surface area is 111 Å². The minimum atomic E-state index is 0.296. The lowest BCUT2D eigenvalue weighted by molar-refractivity contribution is 0.364. The summed E-state index contributed by atoms with van der Waals surface area (Å²) in [5, 5.41) is 3.53. The molecule has 1 fully saturated rings. The van der Waals surface area contributed by atoms with Gasteiger partial charge in [0.05, 0.1) is 0 Å². The molecule has 0 aliphatic heterocycles. The van der Waals surface area contributed by atoms with E-state index in [2.05, 4.69) is 46.1 Å². The van der Waals surface area contributed by atoms with Crippen molar-refractivity contribution >= 4 is 0 Å². The van der Waals surface area contributed by atoms with Crippen molar-refractivity contribution < 1.29 is 0 Å². The lowest BCUT2D eigenvalue weighted by Gasteiger charge is -2.30. The van der Waals surface area contributed by atoms with E-state index in [4.69, 9.17) is 5.73 Å². The molecule has 1 aromatic carbocycles. The Morgan fingerprint density at radius 3 is 2.00 bits per heavy atom. The van der Waals surface area contributed by atoms with Crippen LogP contribution in [0.25, 0.3) is 0 Å². The molecule has 2 heteroatoms. The van der Waals surface area contributed by atoms with Gasteiger partial charge in [0.2, 0.25) is 0 Å². The summed E-state index contributed by atoms with van der Waals surface area (Å²) in [7, 11) is 2.07. The van der Waals surface area contributed by atoms with Gasteiger partial charge in [0.1, 0.15) is 0 Å². The predicted molar refractivity (Wildman–Crippen MR) is 77.9 cm³/mol. The number of hydrogen-bond donors (Lipinski definition) is 2. The Bertz CT molecular complexity index is 432. The molecule has 18 heavy (non-hydrogen) atoms. The maximum atomic E-state index is 6.02. The summed E-state index contributed by atoms with van der Waals surface area (Å²) in [5.74, 6) is 0. The molecular weight excluding hydrogens is 220 g/mol. The van der Waals surface area contributed by atoms with Gasteiger partial charge in [-0.3, -0.25) is 0 Å². The van der Waals surface area contributed by atoms with E-state index in [0.29, 0.717) is 11.5 Å². The van der Waals surface area contributed by atoms with Gasteiger partial charge in [-0.1, -0.05) is 6.07 Å². The Balaban J connectivity index is 2.55. The molecule has 0 bridgehead atoms. The summed E-state index contributed by atoms with van der Waals surface area (Å²) in [6, 6.07) is 2.70. The monoisotopic (exact) mass is 246 g/mol. The van der Waals surface area contributed by atoms with Crippen LogP contribution in [0.15, 0.2) is 6.07 Å². The normalized spacial score (nSPS) is 18.8. The number of benzene rings is 1. The van der Waals surface area contributed by atoms with Crippen LogP contribution in [-0.2, 0) is 0 Å². The van der Waals surface area contributed by atoms with E-state index in [0.717, 1.165) is 6.54 Å². The van der Waals surface area contributed by atoms with Gasteiger partial charge >= 0.3 is 0 Å². The van der Waals surface area contributed by atoms with E-state index in [1.54, 1.807) is 0 Å². The van der Waals surface area contributed by atoms with Gasteiger partial charge < -0.3 is 11.1 Å². The third kappa shape index (κ3) is 1.98. The van der Waals surface area contributed by atoms with Crippen molar-refractivity contribution in [2.24, 2.45) is 11.1 Å². The van der Waals surface area contributed by atoms with Crippen LogP contribution in [0.2, 0.25) is 0 Å². The summed E-state index contributed by atoms with van der Waals surface area (Å²) in [6.07, 6.45) is 2.50. The summed E-state index contributed by atoms with van der Waals surface area (Å²) in [5.41, 5.74) is 13.4. The maximum Gasteiger partial charge on any atom is 0.0392 e. The van der Waals surface area contributed by atoms with Crippen molar-refractivity contribution in [2.75, 3.05) is 13.6 Å². The minimum absolute atomic E-state index is 0.296. The second-order valence-electron chi connectivity index (χ2n) is 5.96. The molecule has 2 rings (SSSR count). The number of nitrogens with one attached hydrogen (secondary N) is 1. The van der Waals surface area contributed by atoms with E-state index >= 15 is 0 Å². The Morgan fingerprint density at radius 1 is 1.17 bits per heavy atom. The van der Waals surface area contributed by atoms with E-state index < -0.39 is 0 Å². The fourth-order valence-electron chi connectivity index (χ4n) is 3.21. The van der Waals surface area contributed by atoms with Gasteiger partial charge in [0.15, 0.2) is 0 Å². The maximum absolute atomic E-state index is 6.02. The van der Waals surface area contributed by atoms with Crippen LogP contribution < -0.4 is 11.1 Å². The second kappa shape index (κ2) is 4.67. The number of nitrogens with two attached hydrogens (primary N) is 1. The highest BCUT2D eigenvalue weighted by Crippen LogP contribution is 2.55. The zero-order chi connectivity index (χ0) is 13.5. The smallest absolute Gasteiger partial charge is 0.0392 e. The number of hydrogen-bond acceptors (Lipinski definition) is 2. The first-order valence-corrected chi connectivity index (χ1v) is 6.91. The molecular formula is C16H26N2. The highest BCUT2D eigenvalue weighted by atomic mass is 14.9. The first-order valence-electron chi connectivity index (χ1n) is 6.91. The van der Waals surface area contributed by atoms with Crippen molar-refractivity contribution in [1.82, 2.24) is 5.32 Å². The Kier molecular flexibility index (Phi) is 3.52. The van der Waals surface area contributed by atoms with Crippen molar-refractivity contribution in [2.45, 2.75) is 46.6 Å². The zero-order valence-corrected chi connectivity index (χ0v) is 12.4. The molecule has 1 aromatic rings. The molecule has 0 heterocycles. The van der Waals surface area contributed by atoms with Crippen LogP contribution in [0.1, 0.15) is 46.7 Å². The van der Waals surface area contributed by atoms with E-state index in [-0.39, 0.29) is 0 Å². The Morgan fingerprint density at radius 2 is 1.67 bits per heavy atom. The third-order valence-electron chi connectivity index (χ3n) is 4.91. The summed E-state index contributed by atoms with van der Waals surface area (Å²) in [4.78, 5) is 0. The highest BCUT2D eigenvalue weighted by Gasteiger charge is 2.49. The van der Waals surface area contributed by atoms with Gasteiger partial charge in [0, 0.05) is 11.5 Å². The topological polar surface area (TPSA) is 38.0 Å².